The minimum atomic E-state index is 0.0935. The van der Waals surface area contributed by atoms with Crippen LogP contribution >= 0.6 is 0 Å². The number of aromatic hydroxyl groups is 2. The number of rotatable bonds is 6. The summed E-state index contributed by atoms with van der Waals surface area (Å²) in [7, 11) is 1.66. The lowest BCUT2D eigenvalue weighted by Crippen LogP contribution is -2.03. The lowest BCUT2D eigenvalue weighted by Gasteiger charge is -2.18. The van der Waals surface area contributed by atoms with Crippen molar-refractivity contribution >= 4 is 0 Å². The van der Waals surface area contributed by atoms with Crippen LogP contribution < -0.4 is 0 Å². The number of phenolic OH excluding ortho intramolecular Hbond substituents is 2. The molecule has 2 N–H and O–H groups in total. The fourth-order valence-corrected chi connectivity index (χ4v) is 3.43. The van der Waals surface area contributed by atoms with Gasteiger partial charge in [0, 0.05) is 18.7 Å². The lowest BCUT2D eigenvalue weighted by atomic mass is 9.89. The number of methoxy groups -OCH3 is 1. The maximum Gasteiger partial charge on any atom is 0.127 e. The molecular weight excluding hydrogens is 324 g/mol. The molecule has 26 heavy (non-hydrogen) atoms. The van der Waals surface area contributed by atoms with E-state index in [1.54, 1.807) is 7.11 Å². The van der Waals surface area contributed by atoms with Crippen LogP contribution in [0.1, 0.15) is 18.1 Å². The molecule has 0 aliphatic carbocycles. The largest absolute Gasteiger partial charge is 0.508 e. The molecule has 3 heteroatoms. The predicted octanol–water partition coefficient (Wildman–Crippen LogP) is 5.18. The molecule has 0 saturated heterocycles. The highest BCUT2D eigenvalue weighted by molar-refractivity contribution is 5.80. The highest BCUT2D eigenvalue weighted by Crippen LogP contribution is 2.41. The molecular formula is C23H24O3. The van der Waals surface area contributed by atoms with Gasteiger partial charge in [-0.2, -0.15) is 0 Å². The molecule has 0 spiro atoms. The van der Waals surface area contributed by atoms with Crippen molar-refractivity contribution in [1.29, 1.82) is 0 Å². The normalized spacial score (nSPS) is 10.8. The first-order valence-corrected chi connectivity index (χ1v) is 8.87. The van der Waals surface area contributed by atoms with Gasteiger partial charge in [-0.3, -0.25) is 0 Å². The molecule has 0 atom stereocenters. The Hall–Kier alpha value is -2.78. The van der Waals surface area contributed by atoms with Crippen LogP contribution in [-0.2, 0) is 17.6 Å². The van der Waals surface area contributed by atoms with Gasteiger partial charge >= 0.3 is 0 Å². The zero-order chi connectivity index (χ0) is 18.5. The van der Waals surface area contributed by atoms with Crippen molar-refractivity contribution in [3.05, 3.63) is 71.8 Å². The molecule has 0 heterocycles. The highest BCUT2D eigenvalue weighted by atomic mass is 16.5. The Kier molecular flexibility index (Phi) is 5.59. The van der Waals surface area contributed by atoms with E-state index in [-0.39, 0.29) is 11.5 Å². The molecule has 0 aromatic heterocycles. The standard InChI is InChI=1S/C23H24O3/c1-3-19-20(12-13-26-2)23(22(25)15-21(19)24)18-11-7-10-17(14-18)16-8-5-4-6-9-16/h4-11,14-15,24-25H,3,12-13H2,1-2H3. The van der Waals surface area contributed by atoms with E-state index in [1.807, 2.05) is 37.3 Å². The van der Waals surface area contributed by atoms with E-state index in [0.29, 0.717) is 19.4 Å². The van der Waals surface area contributed by atoms with Crippen molar-refractivity contribution in [2.75, 3.05) is 13.7 Å². The molecule has 3 aromatic carbocycles. The number of ether oxygens (including phenoxy) is 1. The van der Waals surface area contributed by atoms with Crippen molar-refractivity contribution in [2.24, 2.45) is 0 Å². The van der Waals surface area contributed by atoms with Gasteiger partial charge in [-0.05, 0) is 46.7 Å². The van der Waals surface area contributed by atoms with Crippen molar-refractivity contribution in [3.8, 4) is 33.8 Å². The second-order valence-corrected chi connectivity index (χ2v) is 6.29. The summed E-state index contributed by atoms with van der Waals surface area (Å²) in [6.07, 6.45) is 1.32. The molecule has 3 rings (SSSR count). The van der Waals surface area contributed by atoms with Gasteiger partial charge in [-0.1, -0.05) is 55.5 Å². The summed E-state index contributed by atoms with van der Waals surface area (Å²) in [6.45, 7) is 2.54. The summed E-state index contributed by atoms with van der Waals surface area (Å²) < 4.78 is 5.25. The predicted molar refractivity (Wildman–Crippen MR) is 106 cm³/mol. The van der Waals surface area contributed by atoms with Crippen molar-refractivity contribution in [1.82, 2.24) is 0 Å². The minimum absolute atomic E-state index is 0.0935. The van der Waals surface area contributed by atoms with E-state index in [1.165, 1.54) is 6.07 Å². The minimum Gasteiger partial charge on any atom is -0.508 e. The van der Waals surface area contributed by atoms with E-state index in [2.05, 4.69) is 24.3 Å². The maximum absolute atomic E-state index is 10.6. The quantitative estimate of drug-likeness (QED) is 0.645. The van der Waals surface area contributed by atoms with Gasteiger partial charge in [0.2, 0.25) is 0 Å². The van der Waals surface area contributed by atoms with Crippen LogP contribution in [0.25, 0.3) is 22.3 Å². The van der Waals surface area contributed by atoms with Gasteiger partial charge in [0.25, 0.3) is 0 Å². The van der Waals surface area contributed by atoms with Crippen LogP contribution in [0.4, 0.5) is 0 Å². The molecule has 0 aliphatic heterocycles. The Labute approximate surface area is 154 Å². The number of benzene rings is 3. The smallest absolute Gasteiger partial charge is 0.127 e. The van der Waals surface area contributed by atoms with Crippen LogP contribution in [0.2, 0.25) is 0 Å². The number of hydrogen-bond acceptors (Lipinski definition) is 3. The fraction of sp³-hybridized carbons (Fsp3) is 0.217. The van der Waals surface area contributed by atoms with E-state index in [0.717, 1.165) is 33.4 Å². The summed E-state index contributed by atoms with van der Waals surface area (Å²) in [5.41, 5.74) is 5.73. The maximum atomic E-state index is 10.6. The van der Waals surface area contributed by atoms with Gasteiger partial charge in [0.05, 0.1) is 6.61 Å². The summed E-state index contributed by atoms with van der Waals surface area (Å²) >= 11 is 0. The molecule has 0 saturated carbocycles. The Morgan fingerprint density at radius 2 is 1.46 bits per heavy atom. The molecule has 0 aliphatic rings. The second kappa shape index (κ2) is 8.07. The van der Waals surface area contributed by atoms with Crippen LogP contribution in [0, 0.1) is 0 Å². The van der Waals surface area contributed by atoms with Gasteiger partial charge < -0.3 is 14.9 Å². The third-order valence-electron chi connectivity index (χ3n) is 4.67. The van der Waals surface area contributed by atoms with E-state index < -0.39 is 0 Å². The summed E-state index contributed by atoms with van der Waals surface area (Å²) in [4.78, 5) is 0. The fourth-order valence-electron chi connectivity index (χ4n) is 3.43. The summed E-state index contributed by atoms with van der Waals surface area (Å²) in [5.74, 6) is 0.232. The van der Waals surface area contributed by atoms with Gasteiger partial charge in [-0.25, -0.2) is 0 Å². The van der Waals surface area contributed by atoms with E-state index >= 15 is 0 Å². The molecule has 0 radical (unpaired) electrons. The van der Waals surface area contributed by atoms with Gasteiger partial charge in [-0.15, -0.1) is 0 Å². The third-order valence-corrected chi connectivity index (χ3v) is 4.67. The van der Waals surface area contributed by atoms with E-state index in [4.69, 9.17) is 4.74 Å². The average molecular weight is 348 g/mol. The monoisotopic (exact) mass is 348 g/mol. The molecule has 0 fully saturated rings. The van der Waals surface area contributed by atoms with Gasteiger partial charge in [0.1, 0.15) is 11.5 Å². The lowest BCUT2D eigenvalue weighted by molar-refractivity contribution is 0.202. The first-order chi connectivity index (χ1) is 12.7. The summed E-state index contributed by atoms with van der Waals surface area (Å²) in [5, 5.41) is 20.9. The Bertz CT molecular complexity index is 885. The number of phenols is 2. The van der Waals surface area contributed by atoms with Crippen molar-refractivity contribution in [2.45, 2.75) is 19.8 Å². The van der Waals surface area contributed by atoms with E-state index in [9.17, 15) is 10.2 Å². The Balaban J connectivity index is 2.17. The molecule has 134 valence electrons. The summed E-state index contributed by atoms with van der Waals surface area (Å²) in [6, 6.07) is 19.7. The first kappa shape index (κ1) is 18.0. The Morgan fingerprint density at radius 3 is 2.15 bits per heavy atom. The van der Waals surface area contributed by atoms with Crippen LogP contribution in [-0.4, -0.2) is 23.9 Å². The number of hydrogen-bond donors (Lipinski definition) is 2. The zero-order valence-corrected chi connectivity index (χ0v) is 15.2. The molecule has 3 aromatic rings. The van der Waals surface area contributed by atoms with Crippen molar-refractivity contribution < 1.29 is 14.9 Å². The first-order valence-electron chi connectivity index (χ1n) is 8.87. The molecule has 0 amide bonds. The molecule has 0 bridgehead atoms. The topological polar surface area (TPSA) is 49.7 Å². The molecule has 3 nitrogen and oxygen atoms in total. The van der Waals surface area contributed by atoms with Crippen LogP contribution in [0.5, 0.6) is 11.5 Å². The van der Waals surface area contributed by atoms with Crippen LogP contribution in [0.15, 0.2) is 60.7 Å². The van der Waals surface area contributed by atoms with Crippen LogP contribution in [0.3, 0.4) is 0 Å². The van der Waals surface area contributed by atoms with Crippen molar-refractivity contribution in [3.63, 3.8) is 0 Å². The molecule has 0 unspecified atom stereocenters. The third kappa shape index (κ3) is 3.58. The van der Waals surface area contributed by atoms with Gasteiger partial charge in [0.15, 0.2) is 0 Å². The highest BCUT2D eigenvalue weighted by Gasteiger charge is 2.18. The average Bonchev–Trinajstić information content (AvgIpc) is 2.67. The zero-order valence-electron chi connectivity index (χ0n) is 15.2. The Morgan fingerprint density at radius 1 is 0.769 bits per heavy atom. The second-order valence-electron chi connectivity index (χ2n) is 6.29. The SMILES string of the molecule is CCc1c(O)cc(O)c(-c2cccc(-c3ccccc3)c2)c1CCOC.